The van der Waals surface area contributed by atoms with Crippen LogP contribution in [-0.2, 0) is 0 Å². The molecule has 1 heterocycles. The van der Waals surface area contributed by atoms with Crippen molar-refractivity contribution < 1.29 is 0 Å². The number of aromatic amines is 1. The third-order valence-electron chi connectivity index (χ3n) is 1.90. The van der Waals surface area contributed by atoms with Crippen LogP contribution in [-0.4, -0.2) is 10.2 Å². The first-order valence-corrected chi connectivity index (χ1v) is 4.34. The van der Waals surface area contributed by atoms with Crippen molar-refractivity contribution in [2.24, 2.45) is 0 Å². The predicted octanol–water partition coefficient (Wildman–Crippen LogP) is 2.84. The summed E-state index contributed by atoms with van der Waals surface area (Å²) in [4.78, 5) is 0. The third kappa shape index (κ3) is 1.58. The molecule has 0 aliphatic heterocycles. The lowest BCUT2D eigenvalue weighted by Gasteiger charge is -1.98. The minimum atomic E-state index is 0.741. The lowest BCUT2D eigenvalue weighted by Crippen LogP contribution is -1.79. The highest BCUT2D eigenvalue weighted by atomic mass is 35.5. The van der Waals surface area contributed by atoms with Gasteiger partial charge in [0, 0.05) is 10.6 Å². The summed E-state index contributed by atoms with van der Waals surface area (Å²) in [5.41, 5.74) is 3.09. The van der Waals surface area contributed by atoms with Crippen LogP contribution >= 0.6 is 11.6 Å². The number of nitrogens with one attached hydrogen (secondary N) is 1. The molecular weight excluding hydrogens is 184 g/mol. The molecule has 0 atom stereocenters. The molecule has 0 bridgehead atoms. The van der Waals surface area contributed by atoms with Crippen LogP contribution in [0.15, 0.2) is 24.3 Å². The molecule has 0 aliphatic rings. The number of halogens is 1. The van der Waals surface area contributed by atoms with Gasteiger partial charge in [-0.3, -0.25) is 5.10 Å². The molecule has 0 saturated heterocycles. The molecule has 0 fully saturated rings. The van der Waals surface area contributed by atoms with Crippen LogP contribution in [0.3, 0.4) is 0 Å². The standard InChI is InChI=1S/C10H8ClN2/c1-7-6-12-13-10(7)8-2-4-9(11)5-3-8/h2-5H,1H3,(H,12,13). The van der Waals surface area contributed by atoms with Gasteiger partial charge in [0.25, 0.3) is 0 Å². The van der Waals surface area contributed by atoms with E-state index in [9.17, 15) is 0 Å². The monoisotopic (exact) mass is 191 g/mol. The molecule has 65 valence electrons. The van der Waals surface area contributed by atoms with E-state index in [2.05, 4.69) is 16.4 Å². The van der Waals surface area contributed by atoms with Gasteiger partial charge in [-0.25, -0.2) is 0 Å². The van der Waals surface area contributed by atoms with E-state index in [1.54, 1.807) is 0 Å². The van der Waals surface area contributed by atoms with E-state index in [1.807, 2.05) is 31.2 Å². The first-order valence-electron chi connectivity index (χ1n) is 3.96. The Morgan fingerprint density at radius 3 is 2.54 bits per heavy atom. The molecule has 0 spiro atoms. The fourth-order valence-electron chi connectivity index (χ4n) is 1.21. The Labute approximate surface area is 81.6 Å². The van der Waals surface area contributed by atoms with Gasteiger partial charge in [-0.1, -0.05) is 23.7 Å². The minimum Gasteiger partial charge on any atom is -0.277 e. The molecule has 1 aromatic heterocycles. The Kier molecular flexibility index (Phi) is 2.07. The maximum absolute atomic E-state index is 5.78. The second kappa shape index (κ2) is 3.23. The number of hydrogen-bond acceptors (Lipinski definition) is 1. The van der Waals surface area contributed by atoms with Crippen molar-refractivity contribution in [3.05, 3.63) is 41.0 Å². The van der Waals surface area contributed by atoms with Gasteiger partial charge in [-0.15, -0.1) is 0 Å². The van der Waals surface area contributed by atoms with E-state index in [1.165, 1.54) is 0 Å². The fraction of sp³-hybridized carbons (Fsp3) is 0.100. The minimum absolute atomic E-state index is 0.741. The van der Waals surface area contributed by atoms with Gasteiger partial charge >= 0.3 is 0 Å². The Morgan fingerprint density at radius 1 is 1.31 bits per heavy atom. The van der Waals surface area contributed by atoms with Crippen LogP contribution in [0.4, 0.5) is 0 Å². The average Bonchev–Trinajstić information content (AvgIpc) is 2.53. The van der Waals surface area contributed by atoms with Gasteiger partial charge in [0.05, 0.1) is 5.69 Å². The van der Waals surface area contributed by atoms with Crippen LogP contribution in [0.2, 0.25) is 5.02 Å². The van der Waals surface area contributed by atoms with E-state index < -0.39 is 0 Å². The van der Waals surface area contributed by atoms with Crippen LogP contribution in [0, 0.1) is 13.1 Å². The highest BCUT2D eigenvalue weighted by Gasteiger charge is 2.02. The van der Waals surface area contributed by atoms with E-state index >= 15 is 0 Å². The van der Waals surface area contributed by atoms with E-state index in [0.29, 0.717) is 0 Å². The van der Waals surface area contributed by atoms with E-state index in [4.69, 9.17) is 11.6 Å². The van der Waals surface area contributed by atoms with Crippen molar-refractivity contribution in [3.63, 3.8) is 0 Å². The lowest BCUT2D eigenvalue weighted by atomic mass is 10.1. The molecule has 13 heavy (non-hydrogen) atoms. The normalized spacial score (nSPS) is 10.3. The van der Waals surface area contributed by atoms with Crippen molar-refractivity contribution in [1.29, 1.82) is 0 Å². The zero-order valence-corrected chi connectivity index (χ0v) is 7.89. The number of rotatable bonds is 1. The number of hydrogen-bond donors (Lipinski definition) is 1. The first-order chi connectivity index (χ1) is 6.27. The third-order valence-corrected chi connectivity index (χ3v) is 2.15. The summed E-state index contributed by atoms with van der Waals surface area (Å²) in [5.74, 6) is 0. The molecule has 3 heteroatoms. The summed E-state index contributed by atoms with van der Waals surface area (Å²) in [6.45, 7) is 1.97. The highest BCUT2D eigenvalue weighted by molar-refractivity contribution is 6.30. The summed E-state index contributed by atoms with van der Waals surface area (Å²) in [5, 5.41) is 7.47. The number of aryl methyl sites for hydroxylation is 1. The Hall–Kier alpha value is -1.28. The predicted molar refractivity (Wildman–Crippen MR) is 52.6 cm³/mol. The van der Waals surface area contributed by atoms with Crippen molar-refractivity contribution in [1.82, 2.24) is 10.2 Å². The SMILES string of the molecule is Cc1[c]n[nH]c1-c1ccc(Cl)cc1. The zero-order chi connectivity index (χ0) is 9.26. The van der Waals surface area contributed by atoms with Gasteiger partial charge in [-0.05, 0) is 24.6 Å². The summed E-state index contributed by atoms with van der Waals surface area (Å²) < 4.78 is 0. The van der Waals surface area contributed by atoms with Crippen molar-refractivity contribution in [3.8, 4) is 11.3 Å². The molecule has 1 aromatic carbocycles. The van der Waals surface area contributed by atoms with Crippen LogP contribution in [0.1, 0.15) is 5.56 Å². The van der Waals surface area contributed by atoms with Crippen molar-refractivity contribution in [2.75, 3.05) is 0 Å². The first kappa shape index (κ1) is 8.32. The molecule has 2 rings (SSSR count). The number of aromatic nitrogens is 2. The van der Waals surface area contributed by atoms with Crippen molar-refractivity contribution >= 4 is 11.6 Å². The Morgan fingerprint density at radius 2 is 2.00 bits per heavy atom. The average molecular weight is 192 g/mol. The van der Waals surface area contributed by atoms with Gasteiger partial charge < -0.3 is 0 Å². The molecule has 0 unspecified atom stereocenters. The summed E-state index contributed by atoms with van der Waals surface area (Å²) >= 11 is 5.78. The molecule has 1 N–H and O–H groups in total. The molecule has 0 amide bonds. The lowest BCUT2D eigenvalue weighted by molar-refractivity contribution is 1.09. The largest absolute Gasteiger partial charge is 0.277 e. The number of nitrogens with zero attached hydrogens (tertiary/aromatic N) is 1. The summed E-state index contributed by atoms with van der Waals surface area (Å²) in [6.07, 6.45) is 2.84. The second-order valence-corrected chi connectivity index (χ2v) is 3.28. The topological polar surface area (TPSA) is 28.7 Å². The van der Waals surface area contributed by atoms with Gasteiger partial charge in [0.15, 0.2) is 0 Å². The van der Waals surface area contributed by atoms with Gasteiger partial charge in [-0.2, -0.15) is 5.10 Å². The smallest absolute Gasteiger partial charge is 0.116 e. The zero-order valence-electron chi connectivity index (χ0n) is 7.13. The molecule has 2 aromatic rings. The number of benzene rings is 1. The van der Waals surface area contributed by atoms with Crippen molar-refractivity contribution in [2.45, 2.75) is 6.92 Å². The van der Waals surface area contributed by atoms with Crippen LogP contribution < -0.4 is 0 Å². The molecule has 2 nitrogen and oxygen atoms in total. The maximum atomic E-state index is 5.78. The summed E-state index contributed by atoms with van der Waals surface area (Å²) in [6, 6.07) is 7.63. The van der Waals surface area contributed by atoms with Gasteiger partial charge in [0.2, 0.25) is 0 Å². The van der Waals surface area contributed by atoms with E-state index in [-0.39, 0.29) is 0 Å². The quantitative estimate of drug-likeness (QED) is 0.738. The summed E-state index contributed by atoms with van der Waals surface area (Å²) in [7, 11) is 0. The van der Waals surface area contributed by atoms with Crippen LogP contribution in [0.5, 0.6) is 0 Å². The Balaban J connectivity index is 2.47. The van der Waals surface area contributed by atoms with E-state index in [0.717, 1.165) is 21.8 Å². The number of H-pyrrole nitrogens is 1. The van der Waals surface area contributed by atoms with Crippen LogP contribution in [0.25, 0.3) is 11.3 Å². The molecule has 0 saturated carbocycles. The molecule has 0 aliphatic carbocycles. The highest BCUT2D eigenvalue weighted by Crippen LogP contribution is 2.21. The second-order valence-electron chi connectivity index (χ2n) is 2.84. The maximum Gasteiger partial charge on any atom is 0.116 e. The molecule has 1 radical (unpaired) electrons. The fourth-order valence-corrected chi connectivity index (χ4v) is 1.33. The Bertz CT molecular complexity index is 403. The van der Waals surface area contributed by atoms with Gasteiger partial charge in [0.1, 0.15) is 6.20 Å². The molecular formula is C10H8ClN2.